The van der Waals surface area contributed by atoms with Crippen LogP contribution in [0.2, 0.25) is 0 Å². The van der Waals surface area contributed by atoms with Gasteiger partial charge < -0.3 is 19.7 Å². The van der Waals surface area contributed by atoms with E-state index in [9.17, 15) is 9.18 Å². The number of amides is 1. The van der Waals surface area contributed by atoms with Crippen LogP contribution in [0.4, 0.5) is 4.39 Å². The molecule has 2 aromatic carbocycles. The molecule has 0 atom stereocenters. The van der Waals surface area contributed by atoms with Crippen molar-refractivity contribution in [1.82, 2.24) is 24.7 Å². The normalized spacial score (nSPS) is 11.7. The first-order valence-electron chi connectivity index (χ1n) is 13.8. The van der Waals surface area contributed by atoms with Crippen molar-refractivity contribution in [3.05, 3.63) is 65.2 Å². The molecule has 7 heteroatoms. The van der Waals surface area contributed by atoms with E-state index in [0.29, 0.717) is 18.7 Å². The molecule has 1 heterocycles. The number of benzene rings is 2. The van der Waals surface area contributed by atoms with Gasteiger partial charge in [-0.05, 0) is 80.8 Å². The summed E-state index contributed by atoms with van der Waals surface area (Å²) in [6, 6.07) is 12.4. The first-order valence-corrected chi connectivity index (χ1v) is 13.8. The third-order valence-corrected chi connectivity index (χ3v) is 6.67. The maximum Gasteiger partial charge on any atom is 0.254 e. The summed E-state index contributed by atoms with van der Waals surface area (Å²) in [4.78, 5) is 22.6. The van der Waals surface area contributed by atoms with Crippen LogP contribution in [0.5, 0.6) is 0 Å². The molecule has 0 unspecified atom stereocenters. The summed E-state index contributed by atoms with van der Waals surface area (Å²) >= 11 is 0. The highest BCUT2D eigenvalue weighted by Gasteiger charge is 2.21. The summed E-state index contributed by atoms with van der Waals surface area (Å²) in [5, 5.41) is 3.56. The largest absolute Gasteiger partial charge is 0.331 e. The zero-order valence-corrected chi connectivity index (χ0v) is 23.3. The van der Waals surface area contributed by atoms with Gasteiger partial charge in [0.2, 0.25) is 0 Å². The Morgan fingerprint density at radius 1 is 1.11 bits per heavy atom. The zero-order chi connectivity index (χ0) is 26.8. The minimum Gasteiger partial charge on any atom is -0.331 e. The van der Waals surface area contributed by atoms with Gasteiger partial charge in [-0.3, -0.25) is 4.79 Å². The number of nitrogens with one attached hydrogen (secondary N) is 1. The molecular formula is C30H44FN5O. The van der Waals surface area contributed by atoms with Crippen LogP contribution in [0.15, 0.2) is 42.5 Å². The predicted octanol–water partition coefficient (Wildman–Crippen LogP) is 5.71. The van der Waals surface area contributed by atoms with Crippen LogP contribution in [0, 0.1) is 11.7 Å². The second kappa shape index (κ2) is 14.2. The molecule has 1 amide bonds. The average Bonchev–Trinajstić information content (AvgIpc) is 3.21. The van der Waals surface area contributed by atoms with E-state index in [1.54, 1.807) is 17.0 Å². The number of carbonyl (C=O) groups is 1. The molecule has 0 fully saturated rings. The summed E-state index contributed by atoms with van der Waals surface area (Å²) in [5.41, 5.74) is 3.62. The third kappa shape index (κ3) is 8.11. The third-order valence-electron chi connectivity index (χ3n) is 6.67. The predicted molar refractivity (Wildman–Crippen MR) is 150 cm³/mol. The van der Waals surface area contributed by atoms with Crippen molar-refractivity contribution in [2.24, 2.45) is 5.92 Å². The van der Waals surface area contributed by atoms with Crippen LogP contribution >= 0.6 is 0 Å². The minimum atomic E-state index is -0.400. The first-order chi connectivity index (χ1) is 17.9. The number of halogens is 1. The second-order valence-corrected chi connectivity index (χ2v) is 10.1. The monoisotopic (exact) mass is 509 g/mol. The Morgan fingerprint density at radius 2 is 1.89 bits per heavy atom. The number of imidazole rings is 1. The van der Waals surface area contributed by atoms with E-state index in [4.69, 9.17) is 4.98 Å². The summed E-state index contributed by atoms with van der Waals surface area (Å²) < 4.78 is 16.1. The number of carbonyl (C=O) groups excluding carboxylic acids is 1. The van der Waals surface area contributed by atoms with Crippen LogP contribution < -0.4 is 5.32 Å². The number of hydrogen-bond acceptors (Lipinski definition) is 4. The van der Waals surface area contributed by atoms with Gasteiger partial charge in [0.1, 0.15) is 11.6 Å². The fourth-order valence-corrected chi connectivity index (χ4v) is 4.76. The Morgan fingerprint density at radius 3 is 2.57 bits per heavy atom. The van der Waals surface area contributed by atoms with Crippen molar-refractivity contribution in [2.45, 2.75) is 67.1 Å². The van der Waals surface area contributed by atoms with Gasteiger partial charge in [0.15, 0.2) is 0 Å². The van der Waals surface area contributed by atoms with E-state index in [1.807, 2.05) is 0 Å². The van der Waals surface area contributed by atoms with E-state index in [2.05, 4.69) is 67.6 Å². The number of aromatic nitrogens is 2. The molecule has 0 saturated carbocycles. The van der Waals surface area contributed by atoms with Gasteiger partial charge in [-0.1, -0.05) is 46.8 Å². The molecule has 0 spiro atoms. The van der Waals surface area contributed by atoms with Gasteiger partial charge in [-0.25, -0.2) is 9.37 Å². The highest BCUT2D eigenvalue weighted by Crippen LogP contribution is 2.21. The Kier molecular flexibility index (Phi) is 11.1. The number of fused-ring (bicyclic) bond motifs is 1. The summed E-state index contributed by atoms with van der Waals surface area (Å²) in [7, 11) is 0. The standard InChI is InChI=1S/C30H44FN5O/c1-6-16-36-28-14-13-24(20-32-15-10-17-34(7-2)8-3)18-27(28)33-29(36)22-35(21-23(4)5)30(37)25-11-9-12-26(31)19-25/h9,11-14,18-19,23,32H,6-8,10,15-17,20-22H2,1-5H3. The van der Waals surface area contributed by atoms with Crippen molar-refractivity contribution >= 4 is 16.9 Å². The lowest BCUT2D eigenvalue weighted by atomic mass is 10.1. The smallest absolute Gasteiger partial charge is 0.254 e. The maximum atomic E-state index is 13.8. The van der Waals surface area contributed by atoms with Crippen molar-refractivity contribution in [3.8, 4) is 0 Å². The van der Waals surface area contributed by atoms with Gasteiger partial charge in [-0.2, -0.15) is 0 Å². The molecule has 202 valence electrons. The van der Waals surface area contributed by atoms with E-state index < -0.39 is 5.82 Å². The quantitative estimate of drug-likeness (QED) is 0.267. The highest BCUT2D eigenvalue weighted by molar-refractivity contribution is 5.94. The van der Waals surface area contributed by atoms with E-state index in [0.717, 1.165) is 69.0 Å². The van der Waals surface area contributed by atoms with Gasteiger partial charge >= 0.3 is 0 Å². The molecule has 1 N–H and O–H groups in total. The highest BCUT2D eigenvalue weighted by atomic mass is 19.1. The molecule has 6 nitrogen and oxygen atoms in total. The maximum absolute atomic E-state index is 13.8. The summed E-state index contributed by atoms with van der Waals surface area (Å²) in [5.74, 6) is 0.577. The van der Waals surface area contributed by atoms with Gasteiger partial charge in [0.25, 0.3) is 5.91 Å². The van der Waals surface area contributed by atoms with E-state index in [-0.39, 0.29) is 11.8 Å². The topological polar surface area (TPSA) is 53.4 Å². The Balaban J connectivity index is 1.77. The van der Waals surface area contributed by atoms with Crippen molar-refractivity contribution in [3.63, 3.8) is 0 Å². The fraction of sp³-hybridized carbons (Fsp3) is 0.533. The lowest BCUT2D eigenvalue weighted by Gasteiger charge is -2.25. The van der Waals surface area contributed by atoms with Gasteiger partial charge in [0.05, 0.1) is 17.6 Å². The molecular weight excluding hydrogens is 465 g/mol. The van der Waals surface area contributed by atoms with Gasteiger partial charge in [-0.15, -0.1) is 0 Å². The van der Waals surface area contributed by atoms with Crippen LogP contribution in [0.1, 0.15) is 69.2 Å². The molecule has 0 bridgehead atoms. The van der Waals surface area contributed by atoms with Gasteiger partial charge in [0, 0.05) is 25.2 Å². The molecule has 1 aromatic heterocycles. The van der Waals surface area contributed by atoms with Crippen molar-refractivity contribution < 1.29 is 9.18 Å². The van der Waals surface area contributed by atoms with Crippen molar-refractivity contribution in [1.29, 1.82) is 0 Å². The lowest BCUT2D eigenvalue weighted by Crippen LogP contribution is -2.34. The van der Waals surface area contributed by atoms with Crippen LogP contribution in [0.3, 0.4) is 0 Å². The SMILES string of the molecule is CCCn1c(CN(CC(C)C)C(=O)c2cccc(F)c2)nc2cc(CNCCCN(CC)CC)ccc21. The molecule has 37 heavy (non-hydrogen) atoms. The molecule has 0 aliphatic heterocycles. The minimum absolute atomic E-state index is 0.169. The molecule has 0 radical (unpaired) electrons. The average molecular weight is 510 g/mol. The number of hydrogen-bond donors (Lipinski definition) is 1. The Hall–Kier alpha value is -2.77. The summed E-state index contributed by atoms with van der Waals surface area (Å²) in [6.45, 7) is 17.6. The fourth-order valence-electron chi connectivity index (χ4n) is 4.76. The molecule has 0 aliphatic carbocycles. The number of aryl methyl sites for hydroxylation is 1. The number of nitrogens with zero attached hydrogens (tertiary/aromatic N) is 4. The number of rotatable bonds is 15. The van der Waals surface area contributed by atoms with E-state index in [1.165, 1.54) is 17.7 Å². The lowest BCUT2D eigenvalue weighted by molar-refractivity contribution is 0.0715. The Labute approximate surface area is 221 Å². The van der Waals surface area contributed by atoms with Crippen LogP contribution in [-0.2, 0) is 19.6 Å². The second-order valence-electron chi connectivity index (χ2n) is 10.1. The first kappa shape index (κ1) is 28.8. The molecule has 3 rings (SSSR count). The summed E-state index contributed by atoms with van der Waals surface area (Å²) in [6.07, 6.45) is 2.10. The molecule has 0 saturated heterocycles. The van der Waals surface area contributed by atoms with E-state index >= 15 is 0 Å². The van der Waals surface area contributed by atoms with Crippen molar-refractivity contribution in [2.75, 3.05) is 32.7 Å². The zero-order valence-electron chi connectivity index (χ0n) is 23.3. The van der Waals surface area contributed by atoms with Crippen LogP contribution in [-0.4, -0.2) is 58.0 Å². The molecule has 0 aliphatic rings. The Bertz CT molecular complexity index is 1140. The van der Waals surface area contributed by atoms with Crippen LogP contribution in [0.25, 0.3) is 11.0 Å². The molecule has 3 aromatic rings.